The van der Waals surface area contributed by atoms with E-state index < -0.39 is 11.2 Å². The normalized spacial score (nSPS) is 24.6. The van der Waals surface area contributed by atoms with Gasteiger partial charge >= 0.3 is 0 Å². The number of fused-ring (bicyclic) bond motifs is 2. The number of phenols is 1. The molecule has 4 heteroatoms. The molecule has 1 atom stereocenters. The van der Waals surface area contributed by atoms with Gasteiger partial charge in [0.05, 0.1) is 5.56 Å². The smallest absolute Gasteiger partial charge is 0.195 e. The summed E-state index contributed by atoms with van der Waals surface area (Å²) >= 11 is 0. The molecule has 0 amide bonds. The lowest BCUT2D eigenvalue weighted by molar-refractivity contribution is -0.131. The number of Topliss-reactive ketones (excluding diaryl/α,β-unsaturated/α-hetero) is 1. The number of carbonyl (C=O) groups excluding carboxylic acids is 1. The van der Waals surface area contributed by atoms with Crippen molar-refractivity contribution in [2.45, 2.75) is 77.4 Å². The molecule has 2 N–H and O–H groups in total. The standard InChI is InChI=1S/C21H28O4/c1-5-6-7-8-13-11-15(22)18-16(12-13)25-20(2,3)14-9-10-21(4,24)19(23)17(14)18/h11-12,22,24H,5-10H2,1-4H3/t21-/m0/s1. The first-order valence-electron chi connectivity index (χ1n) is 9.23. The van der Waals surface area contributed by atoms with E-state index in [2.05, 4.69) is 6.92 Å². The van der Waals surface area contributed by atoms with E-state index in [9.17, 15) is 15.0 Å². The van der Waals surface area contributed by atoms with Crippen molar-refractivity contribution in [3.8, 4) is 11.5 Å². The number of benzene rings is 1. The van der Waals surface area contributed by atoms with E-state index in [-0.39, 0.29) is 11.5 Å². The Balaban J connectivity index is 2.10. The molecule has 0 unspecified atom stereocenters. The van der Waals surface area contributed by atoms with Crippen molar-refractivity contribution in [1.82, 2.24) is 0 Å². The predicted octanol–water partition coefficient (Wildman–Crippen LogP) is 4.16. The minimum atomic E-state index is -1.39. The molecule has 0 radical (unpaired) electrons. The van der Waals surface area contributed by atoms with Gasteiger partial charge < -0.3 is 14.9 Å². The molecule has 4 nitrogen and oxygen atoms in total. The van der Waals surface area contributed by atoms with Gasteiger partial charge in [0.2, 0.25) is 0 Å². The van der Waals surface area contributed by atoms with E-state index in [1.165, 1.54) is 0 Å². The van der Waals surface area contributed by atoms with Gasteiger partial charge in [0, 0.05) is 5.57 Å². The van der Waals surface area contributed by atoms with Gasteiger partial charge in [-0.15, -0.1) is 0 Å². The molecule has 2 aliphatic rings. The third-order valence-electron chi connectivity index (χ3n) is 5.43. The summed E-state index contributed by atoms with van der Waals surface area (Å²) in [5, 5.41) is 21.1. The molecule has 1 heterocycles. The quantitative estimate of drug-likeness (QED) is 0.805. The lowest BCUT2D eigenvalue weighted by Gasteiger charge is -2.42. The summed E-state index contributed by atoms with van der Waals surface area (Å²) in [5.41, 5.74) is 0.752. The van der Waals surface area contributed by atoms with Crippen LogP contribution in [0.5, 0.6) is 11.5 Å². The Hall–Kier alpha value is -1.81. The van der Waals surface area contributed by atoms with Crippen LogP contribution in [0.15, 0.2) is 17.7 Å². The second kappa shape index (κ2) is 6.17. The summed E-state index contributed by atoms with van der Waals surface area (Å²) in [6, 6.07) is 3.67. The molecule has 0 saturated carbocycles. The van der Waals surface area contributed by atoms with Gasteiger partial charge in [0.1, 0.15) is 22.7 Å². The number of hydrogen-bond acceptors (Lipinski definition) is 4. The second-order valence-corrected chi connectivity index (χ2v) is 8.01. The number of carbonyl (C=O) groups is 1. The van der Waals surface area contributed by atoms with Crippen molar-refractivity contribution in [1.29, 1.82) is 0 Å². The zero-order valence-electron chi connectivity index (χ0n) is 15.6. The number of aliphatic hydroxyl groups is 1. The Bertz CT molecular complexity index is 741. The largest absolute Gasteiger partial charge is 0.507 e. The Kier molecular flexibility index (Phi) is 4.44. The average Bonchev–Trinajstić information content (AvgIpc) is 2.50. The summed E-state index contributed by atoms with van der Waals surface area (Å²) < 4.78 is 6.18. The number of ether oxygens (including phenoxy) is 1. The molecule has 136 valence electrons. The molecule has 0 spiro atoms. The lowest BCUT2D eigenvalue weighted by atomic mass is 9.71. The minimum Gasteiger partial charge on any atom is -0.507 e. The number of unbranched alkanes of at least 4 members (excludes halogenated alkanes) is 2. The molecule has 1 aliphatic heterocycles. The average molecular weight is 344 g/mol. The van der Waals surface area contributed by atoms with Crippen molar-refractivity contribution < 1.29 is 19.7 Å². The first kappa shape index (κ1) is 18.0. The van der Waals surface area contributed by atoms with Gasteiger partial charge in [-0.25, -0.2) is 0 Å². The molecule has 0 bridgehead atoms. The van der Waals surface area contributed by atoms with E-state index in [1.807, 2.05) is 19.9 Å². The first-order chi connectivity index (χ1) is 11.7. The fourth-order valence-corrected chi connectivity index (χ4v) is 3.93. The Labute approximate surface area is 149 Å². The Morgan fingerprint density at radius 2 is 1.92 bits per heavy atom. The third-order valence-corrected chi connectivity index (χ3v) is 5.43. The van der Waals surface area contributed by atoms with Crippen LogP contribution in [0.4, 0.5) is 0 Å². The monoisotopic (exact) mass is 344 g/mol. The van der Waals surface area contributed by atoms with E-state index in [0.717, 1.165) is 36.8 Å². The number of rotatable bonds is 4. The molecule has 25 heavy (non-hydrogen) atoms. The van der Waals surface area contributed by atoms with Crippen molar-refractivity contribution in [3.05, 3.63) is 28.8 Å². The Morgan fingerprint density at radius 3 is 2.60 bits per heavy atom. The maximum Gasteiger partial charge on any atom is 0.195 e. The highest BCUT2D eigenvalue weighted by Crippen LogP contribution is 2.50. The first-order valence-corrected chi connectivity index (χ1v) is 9.23. The summed E-state index contributed by atoms with van der Waals surface area (Å²) in [7, 11) is 0. The molecule has 0 aromatic heterocycles. The summed E-state index contributed by atoms with van der Waals surface area (Å²) in [6.07, 6.45) is 5.16. The molecular weight excluding hydrogens is 316 g/mol. The summed E-state index contributed by atoms with van der Waals surface area (Å²) in [4.78, 5) is 12.9. The fourth-order valence-electron chi connectivity index (χ4n) is 3.93. The zero-order chi connectivity index (χ0) is 18.4. The SMILES string of the molecule is CCCCCc1cc(O)c2c(c1)OC(C)(C)C1=C2C(=O)[C@@](C)(O)CC1. The van der Waals surface area contributed by atoms with Crippen LogP contribution in [-0.2, 0) is 11.2 Å². The predicted molar refractivity (Wildman–Crippen MR) is 97.8 cm³/mol. The molecule has 0 fully saturated rings. The van der Waals surface area contributed by atoms with Gasteiger partial charge in [-0.2, -0.15) is 0 Å². The highest BCUT2D eigenvalue weighted by atomic mass is 16.5. The summed E-state index contributed by atoms with van der Waals surface area (Å²) in [5.74, 6) is 0.291. The number of hydrogen-bond donors (Lipinski definition) is 2. The van der Waals surface area contributed by atoms with Crippen LogP contribution in [-0.4, -0.2) is 27.2 Å². The zero-order valence-corrected chi connectivity index (χ0v) is 15.6. The third kappa shape index (κ3) is 3.08. The van der Waals surface area contributed by atoms with Gasteiger partial charge in [0.25, 0.3) is 0 Å². The van der Waals surface area contributed by atoms with Crippen LogP contribution < -0.4 is 4.74 Å². The highest BCUT2D eigenvalue weighted by Gasteiger charge is 2.47. The topological polar surface area (TPSA) is 66.8 Å². The van der Waals surface area contributed by atoms with Crippen LogP contribution in [0.3, 0.4) is 0 Å². The number of aryl methyl sites for hydroxylation is 1. The molecular formula is C21H28O4. The van der Waals surface area contributed by atoms with E-state index >= 15 is 0 Å². The van der Waals surface area contributed by atoms with Crippen LogP contribution in [0, 0.1) is 0 Å². The minimum absolute atomic E-state index is 0.0676. The second-order valence-electron chi connectivity index (χ2n) is 8.01. The van der Waals surface area contributed by atoms with Gasteiger partial charge in [-0.1, -0.05) is 19.8 Å². The maximum atomic E-state index is 12.9. The number of ketones is 1. The Morgan fingerprint density at radius 1 is 1.20 bits per heavy atom. The molecule has 1 aromatic carbocycles. The number of aromatic hydroxyl groups is 1. The van der Waals surface area contributed by atoms with Gasteiger partial charge in [-0.05, 0) is 69.7 Å². The summed E-state index contributed by atoms with van der Waals surface area (Å²) in [6.45, 7) is 7.60. The van der Waals surface area contributed by atoms with Crippen LogP contribution in [0.25, 0.3) is 5.57 Å². The molecule has 0 saturated heterocycles. The number of phenolic OH excluding ortho intramolecular Hbond substituents is 1. The van der Waals surface area contributed by atoms with Crippen molar-refractivity contribution in [2.24, 2.45) is 0 Å². The van der Waals surface area contributed by atoms with E-state index in [4.69, 9.17) is 4.74 Å². The van der Waals surface area contributed by atoms with Crippen LogP contribution in [0.1, 0.15) is 70.9 Å². The fraction of sp³-hybridized carbons (Fsp3) is 0.571. The van der Waals surface area contributed by atoms with E-state index in [0.29, 0.717) is 29.7 Å². The maximum absolute atomic E-state index is 12.9. The van der Waals surface area contributed by atoms with E-state index in [1.54, 1.807) is 13.0 Å². The van der Waals surface area contributed by atoms with Gasteiger partial charge in [0.15, 0.2) is 5.78 Å². The molecule has 1 aliphatic carbocycles. The molecule has 3 rings (SSSR count). The van der Waals surface area contributed by atoms with Crippen molar-refractivity contribution >= 4 is 11.4 Å². The highest BCUT2D eigenvalue weighted by molar-refractivity contribution is 6.27. The van der Waals surface area contributed by atoms with Crippen molar-refractivity contribution in [3.63, 3.8) is 0 Å². The molecule has 1 aromatic rings. The van der Waals surface area contributed by atoms with Gasteiger partial charge in [-0.3, -0.25) is 4.79 Å². The van der Waals surface area contributed by atoms with Crippen molar-refractivity contribution in [2.75, 3.05) is 0 Å². The van der Waals surface area contributed by atoms with Crippen LogP contribution in [0.2, 0.25) is 0 Å². The van der Waals surface area contributed by atoms with Crippen LogP contribution >= 0.6 is 0 Å². The lowest BCUT2D eigenvalue weighted by Crippen LogP contribution is -2.45.